The summed E-state index contributed by atoms with van der Waals surface area (Å²) in [5.74, 6) is 0.147. The van der Waals surface area contributed by atoms with Crippen molar-refractivity contribution in [3.05, 3.63) is 22.4 Å². The maximum atomic E-state index is 11.9. The van der Waals surface area contributed by atoms with E-state index in [-0.39, 0.29) is 24.0 Å². The normalized spacial score (nSPS) is 20.6. The van der Waals surface area contributed by atoms with Crippen LogP contribution in [0.1, 0.15) is 25.3 Å². The van der Waals surface area contributed by atoms with Gasteiger partial charge in [0.2, 0.25) is 5.91 Å². The fourth-order valence-electron chi connectivity index (χ4n) is 2.39. The SMILES string of the molecule is C[C@H](Cc1ccsc1)NC(=O)N[C@@H]1CCC(=O)N(C)C1. The van der Waals surface area contributed by atoms with Crippen LogP contribution in [0.15, 0.2) is 16.8 Å². The molecular weight excluding hydrogens is 274 g/mol. The predicted molar refractivity (Wildman–Crippen MR) is 79.8 cm³/mol. The van der Waals surface area contributed by atoms with Gasteiger partial charge >= 0.3 is 6.03 Å². The molecule has 1 saturated heterocycles. The van der Waals surface area contributed by atoms with E-state index in [2.05, 4.69) is 22.1 Å². The number of nitrogens with one attached hydrogen (secondary N) is 2. The summed E-state index contributed by atoms with van der Waals surface area (Å²) in [4.78, 5) is 25.0. The van der Waals surface area contributed by atoms with Gasteiger partial charge in [-0.3, -0.25) is 4.79 Å². The fourth-order valence-corrected chi connectivity index (χ4v) is 3.08. The van der Waals surface area contributed by atoms with Gasteiger partial charge < -0.3 is 15.5 Å². The number of likely N-dealkylation sites (tertiary alicyclic amines) is 1. The largest absolute Gasteiger partial charge is 0.344 e. The molecule has 20 heavy (non-hydrogen) atoms. The lowest BCUT2D eigenvalue weighted by molar-refractivity contribution is -0.132. The fraction of sp³-hybridized carbons (Fsp3) is 0.571. The molecular formula is C14H21N3O2S. The smallest absolute Gasteiger partial charge is 0.315 e. The highest BCUT2D eigenvalue weighted by atomic mass is 32.1. The van der Waals surface area contributed by atoms with Crippen LogP contribution in [-0.2, 0) is 11.2 Å². The van der Waals surface area contributed by atoms with Gasteiger partial charge in [-0.25, -0.2) is 4.79 Å². The molecule has 2 atom stereocenters. The Balaban J connectivity index is 1.73. The zero-order valence-corrected chi connectivity index (χ0v) is 12.7. The summed E-state index contributed by atoms with van der Waals surface area (Å²) in [6.07, 6.45) is 2.06. The maximum absolute atomic E-state index is 11.9. The molecule has 2 heterocycles. The Labute approximate surface area is 123 Å². The molecule has 0 aromatic carbocycles. The first-order valence-electron chi connectivity index (χ1n) is 6.86. The second kappa shape index (κ2) is 6.74. The van der Waals surface area contributed by atoms with Crippen molar-refractivity contribution in [1.82, 2.24) is 15.5 Å². The molecule has 0 spiro atoms. The number of hydrogen-bond donors (Lipinski definition) is 2. The Hall–Kier alpha value is -1.56. The topological polar surface area (TPSA) is 61.4 Å². The van der Waals surface area contributed by atoms with Crippen molar-refractivity contribution >= 4 is 23.3 Å². The van der Waals surface area contributed by atoms with E-state index in [0.717, 1.165) is 12.8 Å². The predicted octanol–water partition coefficient (Wildman–Crippen LogP) is 1.60. The highest BCUT2D eigenvalue weighted by Gasteiger charge is 2.24. The molecule has 0 aliphatic carbocycles. The van der Waals surface area contributed by atoms with Crippen LogP contribution in [0.25, 0.3) is 0 Å². The van der Waals surface area contributed by atoms with Crippen molar-refractivity contribution in [1.29, 1.82) is 0 Å². The van der Waals surface area contributed by atoms with E-state index in [1.54, 1.807) is 23.3 Å². The van der Waals surface area contributed by atoms with Crippen molar-refractivity contribution in [2.24, 2.45) is 0 Å². The van der Waals surface area contributed by atoms with E-state index < -0.39 is 0 Å². The summed E-state index contributed by atoms with van der Waals surface area (Å²) in [7, 11) is 1.77. The van der Waals surface area contributed by atoms with Crippen LogP contribution >= 0.6 is 11.3 Å². The minimum atomic E-state index is -0.152. The lowest BCUT2D eigenvalue weighted by Gasteiger charge is -2.30. The van der Waals surface area contributed by atoms with Crippen molar-refractivity contribution < 1.29 is 9.59 Å². The van der Waals surface area contributed by atoms with E-state index in [4.69, 9.17) is 0 Å². The summed E-state index contributed by atoms with van der Waals surface area (Å²) in [6, 6.07) is 2.06. The third-order valence-corrected chi connectivity index (χ3v) is 4.19. The van der Waals surface area contributed by atoms with Gasteiger partial charge in [-0.2, -0.15) is 11.3 Å². The van der Waals surface area contributed by atoms with Crippen molar-refractivity contribution in [3.8, 4) is 0 Å². The minimum absolute atomic E-state index is 0.0473. The molecule has 2 N–H and O–H groups in total. The van der Waals surface area contributed by atoms with E-state index >= 15 is 0 Å². The van der Waals surface area contributed by atoms with Crippen LogP contribution in [0.2, 0.25) is 0 Å². The molecule has 0 saturated carbocycles. The van der Waals surface area contributed by atoms with Crippen LogP contribution in [-0.4, -0.2) is 42.5 Å². The molecule has 6 heteroatoms. The molecule has 3 amide bonds. The Bertz CT molecular complexity index is 461. The summed E-state index contributed by atoms with van der Waals surface area (Å²) in [6.45, 7) is 2.58. The van der Waals surface area contributed by atoms with Crippen LogP contribution < -0.4 is 10.6 Å². The average Bonchev–Trinajstić information content (AvgIpc) is 2.86. The van der Waals surface area contributed by atoms with Gasteiger partial charge in [-0.1, -0.05) is 0 Å². The van der Waals surface area contributed by atoms with Gasteiger partial charge in [-0.15, -0.1) is 0 Å². The molecule has 0 radical (unpaired) electrons. The Morgan fingerprint density at radius 3 is 3.05 bits per heavy atom. The van der Waals surface area contributed by atoms with Crippen molar-refractivity contribution in [2.75, 3.05) is 13.6 Å². The number of hydrogen-bond acceptors (Lipinski definition) is 3. The van der Waals surface area contributed by atoms with E-state index in [1.165, 1.54) is 5.56 Å². The average molecular weight is 295 g/mol. The number of nitrogens with zero attached hydrogens (tertiary/aromatic N) is 1. The highest BCUT2D eigenvalue weighted by Crippen LogP contribution is 2.10. The molecule has 0 bridgehead atoms. The van der Waals surface area contributed by atoms with Crippen molar-refractivity contribution in [2.45, 2.75) is 38.3 Å². The van der Waals surface area contributed by atoms with Gasteiger partial charge in [0.05, 0.1) is 0 Å². The summed E-state index contributed by atoms with van der Waals surface area (Å²) < 4.78 is 0. The number of amides is 3. The second-order valence-corrected chi connectivity index (χ2v) is 6.14. The van der Waals surface area contributed by atoms with Crippen molar-refractivity contribution in [3.63, 3.8) is 0 Å². The molecule has 0 unspecified atom stereocenters. The minimum Gasteiger partial charge on any atom is -0.344 e. The van der Waals surface area contributed by atoms with E-state index in [9.17, 15) is 9.59 Å². The van der Waals surface area contributed by atoms with Crippen LogP contribution in [0, 0.1) is 0 Å². The maximum Gasteiger partial charge on any atom is 0.315 e. The zero-order valence-electron chi connectivity index (χ0n) is 11.9. The number of piperidine rings is 1. The van der Waals surface area contributed by atoms with Gasteiger partial charge in [0.25, 0.3) is 0 Å². The summed E-state index contributed by atoms with van der Waals surface area (Å²) in [5.41, 5.74) is 1.24. The lowest BCUT2D eigenvalue weighted by atomic mass is 10.1. The van der Waals surface area contributed by atoms with Gasteiger partial charge in [0.15, 0.2) is 0 Å². The van der Waals surface area contributed by atoms with Crippen LogP contribution in [0.5, 0.6) is 0 Å². The quantitative estimate of drug-likeness (QED) is 0.886. The highest BCUT2D eigenvalue weighted by molar-refractivity contribution is 7.07. The summed E-state index contributed by atoms with van der Waals surface area (Å²) in [5, 5.41) is 10.0. The first kappa shape index (κ1) is 14.8. The second-order valence-electron chi connectivity index (χ2n) is 5.36. The van der Waals surface area contributed by atoms with E-state index in [0.29, 0.717) is 13.0 Å². The molecule has 1 fully saturated rings. The number of carbonyl (C=O) groups excluding carboxylic acids is 2. The standard InChI is InChI=1S/C14H21N3O2S/c1-10(7-11-5-6-20-9-11)15-14(19)16-12-3-4-13(18)17(2)8-12/h5-6,9-10,12H,3-4,7-8H2,1-2H3,(H2,15,16,19)/t10-,12-/m1/s1. The monoisotopic (exact) mass is 295 g/mol. The molecule has 110 valence electrons. The molecule has 1 aliphatic heterocycles. The summed E-state index contributed by atoms with van der Waals surface area (Å²) >= 11 is 1.66. The van der Waals surface area contributed by atoms with Crippen LogP contribution in [0.4, 0.5) is 4.79 Å². The Kier molecular flexibility index (Phi) is 5.00. The first-order valence-corrected chi connectivity index (χ1v) is 7.81. The molecule has 1 aromatic heterocycles. The van der Waals surface area contributed by atoms with Gasteiger partial charge in [0.1, 0.15) is 0 Å². The molecule has 2 rings (SSSR count). The number of rotatable bonds is 4. The Morgan fingerprint density at radius 2 is 2.40 bits per heavy atom. The van der Waals surface area contributed by atoms with E-state index in [1.807, 2.05) is 12.3 Å². The first-order chi connectivity index (χ1) is 9.54. The number of carbonyl (C=O) groups is 2. The lowest BCUT2D eigenvalue weighted by Crippen LogP contribution is -2.52. The molecule has 1 aromatic rings. The number of thiophene rings is 1. The number of likely N-dealkylation sites (N-methyl/N-ethyl adjacent to an activating group) is 1. The van der Waals surface area contributed by atoms with Crippen LogP contribution in [0.3, 0.4) is 0 Å². The molecule has 1 aliphatic rings. The molecule has 5 nitrogen and oxygen atoms in total. The zero-order chi connectivity index (χ0) is 14.5. The third kappa shape index (κ3) is 4.23. The van der Waals surface area contributed by atoms with Gasteiger partial charge in [-0.05, 0) is 42.2 Å². The van der Waals surface area contributed by atoms with Gasteiger partial charge in [0, 0.05) is 32.1 Å². The Morgan fingerprint density at radius 1 is 1.60 bits per heavy atom. The number of urea groups is 1. The third-order valence-electron chi connectivity index (χ3n) is 3.46.